The van der Waals surface area contributed by atoms with Crippen molar-refractivity contribution in [1.29, 1.82) is 0 Å². The van der Waals surface area contributed by atoms with Gasteiger partial charge in [-0.3, -0.25) is 9.11 Å². The summed E-state index contributed by atoms with van der Waals surface area (Å²) < 4.78 is 31.6. The second-order valence-electron chi connectivity index (χ2n) is 0.448. The SMILES string of the molecule is O=S(=O)(O)O.[H-].[H-].[K+].[K+]. The predicted molar refractivity (Wildman–Crippen MR) is 16.4 cm³/mol. The molecule has 0 fully saturated rings. The minimum absolute atomic E-state index is 0. The van der Waals surface area contributed by atoms with Crippen molar-refractivity contribution < 1.29 is 123 Å². The molecule has 0 atom stereocenters. The molecule has 0 aromatic carbocycles. The Bertz CT molecular complexity index is 99.7. The third-order valence-corrected chi connectivity index (χ3v) is 0. The van der Waals surface area contributed by atoms with Crippen molar-refractivity contribution in [2.45, 2.75) is 0 Å². The van der Waals surface area contributed by atoms with E-state index in [0.717, 1.165) is 0 Å². The third kappa shape index (κ3) is 47.2. The topological polar surface area (TPSA) is 74.6 Å². The van der Waals surface area contributed by atoms with Crippen molar-refractivity contribution in [2.75, 3.05) is 0 Å². The molecule has 0 saturated carbocycles. The first kappa shape index (κ1) is 16.6. The zero-order valence-electron chi connectivity index (χ0n) is 6.12. The zero-order chi connectivity index (χ0) is 4.50. The Balaban J connectivity index is -0.0000000133. The van der Waals surface area contributed by atoms with E-state index in [2.05, 4.69) is 0 Å². The normalized spacial score (nSPS) is 8.29. The first-order valence-electron chi connectivity index (χ1n) is 0.698. The van der Waals surface area contributed by atoms with Crippen molar-refractivity contribution in [3.63, 3.8) is 0 Å². The summed E-state index contributed by atoms with van der Waals surface area (Å²) >= 11 is 0. The second kappa shape index (κ2) is 7.25. The van der Waals surface area contributed by atoms with Gasteiger partial charge in [0.15, 0.2) is 0 Å². The van der Waals surface area contributed by atoms with Crippen LogP contribution in [0.1, 0.15) is 2.85 Å². The van der Waals surface area contributed by atoms with E-state index in [1.165, 1.54) is 0 Å². The van der Waals surface area contributed by atoms with Gasteiger partial charge in [-0.1, -0.05) is 0 Å². The van der Waals surface area contributed by atoms with Crippen molar-refractivity contribution in [3.8, 4) is 0 Å². The van der Waals surface area contributed by atoms with E-state index >= 15 is 0 Å². The molecule has 4 nitrogen and oxygen atoms in total. The van der Waals surface area contributed by atoms with Crippen LogP contribution in [0.25, 0.3) is 0 Å². The van der Waals surface area contributed by atoms with Crippen LogP contribution in [-0.4, -0.2) is 17.5 Å². The van der Waals surface area contributed by atoms with Crippen molar-refractivity contribution in [3.05, 3.63) is 0 Å². The molecule has 0 aliphatic carbocycles. The summed E-state index contributed by atoms with van der Waals surface area (Å²) in [6, 6.07) is 0. The fourth-order valence-electron chi connectivity index (χ4n) is 0. The maximum Gasteiger partial charge on any atom is 1.00 e. The number of rotatable bonds is 0. The van der Waals surface area contributed by atoms with Crippen molar-refractivity contribution in [2.24, 2.45) is 0 Å². The molecule has 0 amide bonds. The molecule has 0 bridgehead atoms. The van der Waals surface area contributed by atoms with Gasteiger partial charge < -0.3 is 2.85 Å². The van der Waals surface area contributed by atoms with Crippen LogP contribution < -0.4 is 103 Å². The Morgan fingerprint density at radius 2 is 1.14 bits per heavy atom. The van der Waals surface area contributed by atoms with E-state index in [1.54, 1.807) is 0 Å². The van der Waals surface area contributed by atoms with Crippen LogP contribution in [0.5, 0.6) is 0 Å². The van der Waals surface area contributed by atoms with E-state index in [-0.39, 0.29) is 106 Å². The third-order valence-electron chi connectivity index (χ3n) is 0. The molecule has 0 aliphatic heterocycles. The Morgan fingerprint density at radius 1 is 1.14 bits per heavy atom. The Morgan fingerprint density at radius 3 is 1.14 bits per heavy atom. The largest absolute Gasteiger partial charge is 1.00 e. The molecule has 0 aliphatic rings. The summed E-state index contributed by atoms with van der Waals surface area (Å²) in [5.41, 5.74) is 0. The van der Waals surface area contributed by atoms with Gasteiger partial charge in [0.2, 0.25) is 0 Å². The van der Waals surface area contributed by atoms with E-state index in [0.29, 0.717) is 0 Å². The molecule has 0 rings (SSSR count). The van der Waals surface area contributed by atoms with E-state index in [1.807, 2.05) is 0 Å². The summed E-state index contributed by atoms with van der Waals surface area (Å²) in [6.45, 7) is 0. The monoisotopic (exact) mass is 178 g/mol. The average Bonchev–Trinajstić information content (AvgIpc) is 0.722. The van der Waals surface area contributed by atoms with Gasteiger partial charge in [-0.25, -0.2) is 0 Å². The minimum Gasteiger partial charge on any atom is -1.00 e. The van der Waals surface area contributed by atoms with Gasteiger partial charge >= 0.3 is 113 Å². The molecular weight excluding hydrogens is 174 g/mol. The van der Waals surface area contributed by atoms with Crippen LogP contribution >= 0.6 is 0 Å². The molecule has 0 aromatic rings. The van der Waals surface area contributed by atoms with Crippen LogP contribution in [0.15, 0.2) is 0 Å². The molecule has 36 valence electrons. The van der Waals surface area contributed by atoms with Gasteiger partial charge in [0, 0.05) is 0 Å². The van der Waals surface area contributed by atoms with E-state index in [4.69, 9.17) is 17.5 Å². The van der Waals surface area contributed by atoms with Crippen LogP contribution in [0.4, 0.5) is 0 Å². The van der Waals surface area contributed by atoms with Crippen LogP contribution in [0.3, 0.4) is 0 Å². The molecule has 2 N–H and O–H groups in total. The standard InChI is InChI=1S/2K.H2O4S.2H/c;;1-5(2,3)4;;/h;;(H2,1,2,3,4);;/q2*+1;;2*-1. The number of hydrogen-bond donors (Lipinski definition) is 2. The first-order valence-corrected chi connectivity index (χ1v) is 2.10. The van der Waals surface area contributed by atoms with Gasteiger partial charge in [-0.05, 0) is 0 Å². The van der Waals surface area contributed by atoms with Crippen molar-refractivity contribution in [1.82, 2.24) is 0 Å². The molecule has 0 spiro atoms. The fourth-order valence-corrected chi connectivity index (χ4v) is 0. The van der Waals surface area contributed by atoms with Crippen LogP contribution in [0, 0.1) is 0 Å². The van der Waals surface area contributed by atoms with Crippen LogP contribution in [-0.2, 0) is 10.4 Å². The molecule has 0 radical (unpaired) electrons. The summed E-state index contributed by atoms with van der Waals surface area (Å²) in [5, 5.41) is 0. The van der Waals surface area contributed by atoms with Gasteiger partial charge in [0.1, 0.15) is 0 Å². The summed E-state index contributed by atoms with van der Waals surface area (Å²) in [4.78, 5) is 0. The molecule has 0 aromatic heterocycles. The Labute approximate surface area is 130 Å². The molecule has 0 unspecified atom stereocenters. The fraction of sp³-hybridized carbons (Fsp3) is 0. The predicted octanol–water partition coefficient (Wildman–Crippen LogP) is -6.42. The van der Waals surface area contributed by atoms with Gasteiger partial charge in [0.25, 0.3) is 0 Å². The molecule has 7 heteroatoms. The smallest absolute Gasteiger partial charge is 1.00 e. The van der Waals surface area contributed by atoms with E-state index < -0.39 is 10.4 Å². The quantitative estimate of drug-likeness (QED) is 0.286. The van der Waals surface area contributed by atoms with Gasteiger partial charge in [-0.2, -0.15) is 8.42 Å². The average molecular weight is 178 g/mol. The zero-order valence-corrected chi connectivity index (χ0v) is 11.2. The number of hydrogen-bond acceptors (Lipinski definition) is 2. The molecular formula is H4K2O4S. The second-order valence-corrected chi connectivity index (χ2v) is 1.34. The van der Waals surface area contributed by atoms with Crippen molar-refractivity contribution >= 4 is 10.4 Å². The first-order chi connectivity index (χ1) is 2.00. The Hall–Kier alpha value is 3.14. The molecule has 0 saturated heterocycles. The summed E-state index contributed by atoms with van der Waals surface area (Å²) in [6.07, 6.45) is 0. The molecule has 0 heterocycles. The summed E-state index contributed by atoms with van der Waals surface area (Å²) in [7, 11) is -4.67. The minimum atomic E-state index is -4.67. The molecule has 7 heavy (non-hydrogen) atoms. The van der Waals surface area contributed by atoms with Gasteiger partial charge in [-0.15, -0.1) is 0 Å². The van der Waals surface area contributed by atoms with Crippen LogP contribution in [0.2, 0.25) is 0 Å². The Kier molecular flexibility index (Phi) is 17.2. The summed E-state index contributed by atoms with van der Waals surface area (Å²) in [5.74, 6) is 0. The maximum absolute atomic E-state index is 8.74. The van der Waals surface area contributed by atoms with Gasteiger partial charge in [0.05, 0.1) is 0 Å². The maximum atomic E-state index is 8.74. The van der Waals surface area contributed by atoms with E-state index in [9.17, 15) is 0 Å².